The Hall–Kier alpha value is -0.120. The highest BCUT2D eigenvalue weighted by Crippen LogP contribution is 2.29. The van der Waals surface area contributed by atoms with Crippen molar-refractivity contribution in [3.05, 3.63) is 0 Å². The Kier molecular flexibility index (Phi) is 6.11. The lowest BCUT2D eigenvalue weighted by Crippen LogP contribution is -2.31. The zero-order chi connectivity index (χ0) is 13.6. The number of likely N-dealkylation sites (tertiary alicyclic amines) is 1. The van der Waals surface area contributed by atoms with Crippen LogP contribution in [0.5, 0.6) is 0 Å². The van der Waals surface area contributed by atoms with E-state index in [1.165, 1.54) is 32.4 Å². The van der Waals surface area contributed by atoms with Crippen LogP contribution in [0.2, 0.25) is 0 Å². The quantitative estimate of drug-likeness (QED) is 0.804. The fraction of sp³-hybridized carbons (Fsp3) is 1.00. The minimum atomic E-state index is -0.402. The molecule has 3 heteroatoms. The van der Waals surface area contributed by atoms with Crippen molar-refractivity contribution in [3.63, 3.8) is 0 Å². The second kappa shape index (κ2) is 7.61. The molecule has 0 aromatic rings. The molecule has 2 heterocycles. The van der Waals surface area contributed by atoms with Gasteiger partial charge in [-0.2, -0.15) is 0 Å². The molecule has 0 amide bonds. The number of nitrogens with zero attached hydrogens (tertiary/aromatic N) is 1. The Morgan fingerprint density at radius 3 is 2.89 bits per heavy atom. The summed E-state index contributed by atoms with van der Waals surface area (Å²) >= 11 is 0. The van der Waals surface area contributed by atoms with Crippen molar-refractivity contribution >= 4 is 0 Å². The van der Waals surface area contributed by atoms with Crippen molar-refractivity contribution < 1.29 is 9.84 Å². The van der Waals surface area contributed by atoms with E-state index >= 15 is 0 Å². The van der Waals surface area contributed by atoms with Crippen molar-refractivity contribution in [2.45, 2.75) is 76.4 Å². The van der Waals surface area contributed by atoms with Crippen LogP contribution in [0.15, 0.2) is 0 Å². The van der Waals surface area contributed by atoms with E-state index in [1.807, 2.05) is 0 Å². The second-order valence-electron chi connectivity index (χ2n) is 6.45. The summed E-state index contributed by atoms with van der Waals surface area (Å²) in [5.74, 6) is 0. The summed E-state index contributed by atoms with van der Waals surface area (Å²) in [5.41, 5.74) is -0.402. The molecule has 2 saturated heterocycles. The minimum Gasteiger partial charge on any atom is -0.390 e. The van der Waals surface area contributed by atoms with Crippen LogP contribution >= 0.6 is 0 Å². The maximum absolute atomic E-state index is 10.7. The molecule has 2 unspecified atom stereocenters. The zero-order valence-electron chi connectivity index (χ0n) is 12.6. The summed E-state index contributed by atoms with van der Waals surface area (Å²) in [5, 5.41) is 10.7. The molecule has 112 valence electrons. The molecule has 2 atom stereocenters. The molecule has 2 rings (SSSR count). The van der Waals surface area contributed by atoms with Gasteiger partial charge in [0.25, 0.3) is 0 Å². The molecule has 2 fully saturated rings. The number of hydrogen-bond acceptors (Lipinski definition) is 3. The van der Waals surface area contributed by atoms with Gasteiger partial charge in [-0.05, 0) is 70.9 Å². The van der Waals surface area contributed by atoms with Gasteiger partial charge in [-0.1, -0.05) is 6.92 Å². The van der Waals surface area contributed by atoms with E-state index in [0.29, 0.717) is 6.10 Å². The van der Waals surface area contributed by atoms with E-state index in [4.69, 9.17) is 4.74 Å². The van der Waals surface area contributed by atoms with Crippen LogP contribution < -0.4 is 0 Å². The van der Waals surface area contributed by atoms with Gasteiger partial charge >= 0.3 is 0 Å². The Morgan fingerprint density at radius 2 is 2.16 bits per heavy atom. The van der Waals surface area contributed by atoms with Crippen LogP contribution in [-0.2, 0) is 4.74 Å². The molecular weight excluding hydrogens is 238 g/mol. The standard InChI is InChI=1S/C16H31NO2/c1-2-11-17-12-5-9-16(18,10-13-17)8-3-6-15-7-4-14-19-15/h15,18H,2-14H2,1H3. The average molecular weight is 269 g/mol. The monoisotopic (exact) mass is 269 g/mol. The third-order valence-corrected chi connectivity index (χ3v) is 4.74. The molecule has 3 nitrogen and oxygen atoms in total. The van der Waals surface area contributed by atoms with Gasteiger partial charge in [-0.15, -0.1) is 0 Å². The van der Waals surface area contributed by atoms with E-state index in [2.05, 4.69) is 11.8 Å². The highest BCUT2D eigenvalue weighted by atomic mass is 16.5. The summed E-state index contributed by atoms with van der Waals surface area (Å²) in [7, 11) is 0. The molecule has 0 bridgehead atoms. The molecule has 0 spiro atoms. The van der Waals surface area contributed by atoms with E-state index < -0.39 is 5.60 Å². The van der Waals surface area contributed by atoms with Gasteiger partial charge in [0.15, 0.2) is 0 Å². The number of aliphatic hydroxyl groups is 1. The molecule has 0 aromatic heterocycles. The van der Waals surface area contributed by atoms with Crippen molar-refractivity contribution in [2.24, 2.45) is 0 Å². The first kappa shape index (κ1) is 15.3. The lowest BCUT2D eigenvalue weighted by molar-refractivity contribution is 0.0101. The van der Waals surface area contributed by atoms with Gasteiger partial charge < -0.3 is 14.7 Å². The predicted octanol–water partition coefficient (Wildman–Crippen LogP) is 2.96. The first-order valence-electron chi connectivity index (χ1n) is 8.28. The first-order valence-corrected chi connectivity index (χ1v) is 8.28. The molecular formula is C16H31NO2. The highest BCUT2D eigenvalue weighted by molar-refractivity contribution is 4.84. The van der Waals surface area contributed by atoms with E-state index in [-0.39, 0.29) is 0 Å². The maximum atomic E-state index is 10.7. The van der Waals surface area contributed by atoms with Crippen LogP contribution in [-0.4, -0.2) is 48.0 Å². The predicted molar refractivity (Wildman–Crippen MR) is 78.4 cm³/mol. The summed E-state index contributed by atoms with van der Waals surface area (Å²) in [6.45, 7) is 6.61. The Morgan fingerprint density at radius 1 is 1.26 bits per heavy atom. The molecule has 0 aliphatic carbocycles. The molecule has 2 aliphatic rings. The highest BCUT2D eigenvalue weighted by Gasteiger charge is 2.29. The van der Waals surface area contributed by atoms with Gasteiger partial charge in [0.2, 0.25) is 0 Å². The van der Waals surface area contributed by atoms with Crippen molar-refractivity contribution in [2.75, 3.05) is 26.2 Å². The van der Waals surface area contributed by atoms with Crippen molar-refractivity contribution in [1.29, 1.82) is 0 Å². The van der Waals surface area contributed by atoms with Crippen molar-refractivity contribution in [3.8, 4) is 0 Å². The van der Waals surface area contributed by atoms with Crippen LogP contribution in [0, 0.1) is 0 Å². The molecule has 0 radical (unpaired) electrons. The topological polar surface area (TPSA) is 32.7 Å². The van der Waals surface area contributed by atoms with Crippen LogP contribution in [0.3, 0.4) is 0 Å². The largest absolute Gasteiger partial charge is 0.390 e. The Balaban J connectivity index is 1.68. The number of rotatable bonds is 6. The third-order valence-electron chi connectivity index (χ3n) is 4.74. The lowest BCUT2D eigenvalue weighted by atomic mass is 9.88. The number of hydrogen-bond donors (Lipinski definition) is 1. The minimum absolute atomic E-state index is 0.402. The van der Waals surface area contributed by atoms with E-state index in [0.717, 1.165) is 51.7 Å². The molecule has 1 N–H and O–H groups in total. The van der Waals surface area contributed by atoms with Crippen molar-refractivity contribution in [1.82, 2.24) is 4.90 Å². The fourth-order valence-electron chi connectivity index (χ4n) is 3.56. The van der Waals surface area contributed by atoms with Gasteiger partial charge in [0.05, 0.1) is 11.7 Å². The van der Waals surface area contributed by atoms with Gasteiger partial charge in [-0.25, -0.2) is 0 Å². The van der Waals surface area contributed by atoms with Crippen LogP contribution in [0.1, 0.15) is 64.7 Å². The summed E-state index contributed by atoms with van der Waals surface area (Å²) in [6, 6.07) is 0. The molecule has 0 aromatic carbocycles. The van der Waals surface area contributed by atoms with Gasteiger partial charge in [0.1, 0.15) is 0 Å². The van der Waals surface area contributed by atoms with Gasteiger partial charge in [-0.3, -0.25) is 0 Å². The average Bonchev–Trinajstić information content (AvgIpc) is 2.83. The summed E-state index contributed by atoms with van der Waals surface area (Å²) < 4.78 is 5.66. The number of ether oxygens (including phenoxy) is 1. The van der Waals surface area contributed by atoms with Crippen LogP contribution in [0.25, 0.3) is 0 Å². The summed E-state index contributed by atoms with van der Waals surface area (Å²) in [6.07, 6.45) is 10.5. The van der Waals surface area contributed by atoms with Gasteiger partial charge in [0, 0.05) is 13.2 Å². The Bertz CT molecular complexity index is 253. The van der Waals surface area contributed by atoms with E-state index in [9.17, 15) is 5.11 Å². The summed E-state index contributed by atoms with van der Waals surface area (Å²) in [4.78, 5) is 2.51. The smallest absolute Gasteiger partial charge is 0.0660 e. The molecule has 0 saturated carbocycles. The normalized spacial score (nSPS) is 33.5. The third kappa shape index (κ3) is 5.05. The lowest BCUT2D eigenvalue weighted by Gasteiger charge is -2.27. The van der Waals surface area contributed by atoms with E-state index in [1.54, 1.807) is 0 Å². The second-order valence-corrected chi connectivity index (χ2v) is 6.45. The maximum Gasteiger partial charge on any atom is 0.0660 e. The fourth-order valence-corrected chi connectivity index (χ4v) is 3.56. The Labute approximate surface area is 118 Å². The molecule has 2 aliphatic heterocycles. The SMILES string of the molecule is CCCN1CCCC(O)(CCCC2CCCO2)CC1. The van der Waals surface area contributed by atoms with Crippen LogP contribution in [0.4, 0.5) is 0 Å². The first-order chi connectivity index (χ1) is 9.22. The zero-order valence-corrected chi connectivity index (χ0v) is 12.6. The molecule has 19 heavy (non-hydrogen) atoms.